The normalized spacial score (nSPS) is 22.6. The molecule has 1 aromatic carbocycles. The molecule has 1 aliphatic rings. The molecule has 2 N–H and O–H groups in total. The van der Waals surface area contributed by atoms with E-state index in [4.69, 9.17) is 0 Å². The minimum absolute atomic E-state index is 0.0204. The molecule has 2 atom stereocenters. The average Bonchev–Trinajstić information content (AvgIpc) is 2.41. The lowest BCUT2D eigenvalue weighted by Gasteiger charge is -2.27. The maximum absolute atomic E-state index is 12.3. The van der Waals surface area contributed by atoms with Gasteiger partial charge in [-0.2, -0.15) is 8.78 Å². The quantitative estimate of drug-likeness (QED) is 0.893. The fraction of sp³-hybridized carbons (Fsp3) is 0.500. The van der Waals surface area contributed by atoms with Crippen LogP contribution < -0.4 is 15.4 Å². The number of amides is 1. The van der Waals surface area contributed by atoms with Crippen molar-refractivity contribution in [1.29, 1.82) is 0 Å². The van der Waals surface area contributed by atoms with Crippen LogP contribution >= 0.6 is 0 Å². The Labute approximate surface area is 116 Å². The van der Waals surface area contributed by atoms with Gasteiger partial charge in [0.05, 0.1) is 11.6 Å². The Kier molecular flexibility index (Phi) is 4.89. The molecular weight excluding hydrogens is 266 g/mol. The second-order valence-corrected chi connectivity index (χ2v) is 4.95. The SMILES string of the molecule is CC1CCC(C(=O)Nc2ccccc2OC(F)F)CN1. The molecule has 0 spiro atoms. The number of piperidine rings is 1. The van der Waals surface area contributed by atoms with E-state index in [1.54, 1.807) is 18.2 Å². The fourth-order valence-electron chi connectivity index (χ4n) is 2.23. The van der Waals surface area contributed by atoms with E-state index in [2.05, 4.69) is 22.3 Å². The number of anilines is 1. The van der Waals surface area contributed by atoms with Gasteiger partial charge < -0.3 is 15.4 Å². The summed E-state index contributed by atoms with van der Waals surface area (Å²) >= 11 is 0. The molecule has 0 saturated carbocycles. The van der Waals surface area contributed by atoms with Crippen molar-refractivity contribution in [3.05, 3.63) is 24.3 Å². The summed E-state index contributed by atoms with van der Waals surface area (Å²) in [5.41, 5.74) is 0.274. The van der Waals surface area contributed by atoms with Crippen LogP contribution in [0.15, 0.2) is 24.3 Å². The van der Waals surface area contributed by atoms with E-state index in [1.165, 1.54) is 6.07 Å². The number of carbonyl (C=O) groups excluding carboxylic acids is 1. The zero-order valence-corrected chi connectivity index (χ0v) is 11.2. The van der Waals surface area contributed by atoms with Crippen LogP contribution in [0.3, 0.4) is 0 Å². The Bertz CT molecular complexity index is 460. The van der Waals surface area contributed by atoms with Gasteiger partial charge >= 0.3 is 6.61 Å². The number of benzene rings is 1. The highest BCUT2D eigenvalue weighted by Crippen LogP contribution is 2.26. The molecule has 0 radical (unpaired) electrons. The molecule has 2 unspecified atom stereocenters. The molecule has 4 nitrogen and oxygen atoms in total. The van der Waals surface area contributed by atoms with E-state index in [0.717, 1.165) is 12.8 Å². The van der Waals surface area contributed by atoms with Crippen LogP contribution in [0.5, 0.6) is 5.75 Å². The average molecular weight is 284 g/mol. The van der Waals surface area contributed by atoms with Crippen LogP contribution in [0.25, 0.3) is 0 Å². The molecule has 1 saturated heterocycles. The Hall–Kier alpha value is -1.69. The van der Waals surface area contributed by atoms with Crippen molar-refractivity contribution in [2.24, 2.45) is 5.92 Å². The van der Waals surface area contributed by atoms with Crippen molar-refractivity contribution in [3.63, 3.8) is 0 Å². The summed E-state index contributed by atoms with van der Waals surface area (Å²) in [6, 6.07) is 6.61. The summed E-state index contributed by atoms with van der Waals surface area (Å²) in [5, 5.41) is 5.90. The second kappa shape index (κ2) is 6.65. The van der Waals surface area contributed by atoms with Crippen molar-refractivity contribution in [1.82, 2.24) is 5.32 Å². The van der Waals surface area contributed by atoms with E-state index in [1.807, 2.05) is 0 Å². The predicted octanol–water partition coefficient (Wildman–Crippen LogP) is 2.61. The van der Waals surface area contributed by atoms with E-state index in [9.17, 15) is 13.6 Å². The van der Waals surface area contributed by atoms with Gasteiger partial charge in [-0.1, -0.05) is 12.1 Å². The lowest BCUT2D eigenvalue weighted by atomic mass is 9.95. The van der Waals surface area contributed by atoms with E-state index < -0.39 is 6.61 Å². The molecule has 110 valence electrons. The van der Waals surface area contributed by atoms with Crippen molar-refractivity contribution < 1.29 is 18.3 Å². The third kappa shape index (κ3) is 3.90. The first-order valence-electron chi connectivity index (χ1n) is 6.64. The number of hydrogen-bond acceptors (Lipinski definition) is 3. The first-order valence-corrected chi connectivity index (χ1v) is 6.64. The molecule has 1 fully saturated rings. The zero-order valence-electron chi connectivity index (χ0n) is 11.2. The van der Waals surface area contributed by atoms with Crippen molar-refractivity contribution >= 4 is 11.6 Å². The Morgan fingerprint density at radius 3 is 2.80 bits per heavy atom. The maximum Gasteiger partial charge on any atom is 0.387 e. The standard InChI is InChI=1S/C14H18F2N2O2/c1-9-6-7-10(8-17-9)13(19)18-11-4-2-3-5-12(11)20-14(15)16/h2-5,9-10,14,17H,6-8H2,1H3,(H,18,19). The van der Waals surface area contributed by atoms with E-state index in [-0.39, 0.29) is 23.3 Å². The van der Waals surface area contributed by atoms with Crippen LogP contribution in [-0.2, 0) is 4.79 Å². The summed E-state index contributed by atoms with van der Waals surface area (Å²) in [6.07, 6.45) is 1.71. The first-order chi connectivity index (χ1) is 9.56. The Morgan fingerprint density at radius 2 is 2.15 bits per heavy atom. The largest absolute Gasteiger partial charge is 0.433 e. The van der Waals surface area contributed by atoms with Gasteiger partial charge in [0.15, 0.2) is 0 Å². The van der Waals surface area contributed by atoms with Crippen LogP contribution in [0.2, 0.25) is 0 Å². The topological polar surface area (TPSA) is 50.4 Å². The molecule has 1 aromatic rings. The van der Waals surface area contributed by atoms with E-state index in [0.29, 0.717) is 12.6 Å². The maximum atomic E-state index is 12.3. The highest BCUT2D eigenvalue weighted by Gasteiger charge is 2.24. The van der Waals surface area contributed by atoms with Gasteiger partial charge in [-0.25, -0.2) is 0 Å². The number of para-hydroxylation sites is 2. The van der Waals surface area contributed by atoms with Gasteiger partial charge in [0.25, 0.3) is 0 Å². The van der Waals surface area contributed by atoms with Crippen LogP contribution in [0.1, 0.15) is 19.8 Å². The molecule has 0 bridgehead atoms. The van der Waals surface area contributed by atoms with Crippen molar-refractivity contribution in [3.8, 4) is 5.75 Å². The smallest absolute Gasteiger partial charge is 0.387 e. The molecule has 1 heterocycles. The van der Waals surface area contributed by atoms with Gasteiger partial charge in [-0.15, -0.1) is 0 Å². The van der Waals surface area contributed by atoms with Crippen molar-refractivity contribution in [2.75, 3.05) is 11.9 Å². The Balaban J connectivity index is 2.00. The molecule has 2 rings (SSSR count). The number of ether oxygens (including phenoxy) is 1. The number of alkyl halides is 2. The minimum atomic E-state index is -2.91. The van der Waals surface area contributed by atoms with Crippen LogP contribution in [0, 0.1) is 5.92 Å². The molecule has 0 aliphatic carbocycles. The minimum Gasteiger partial charge on any atom is -0.433 e. The van der Waals surface area contributed by atoms with Crippen molar-refractivity contribution in [2.45, 2.75) is 32.4 Å². The van der Waals surface area contributed by atoms with E-state index >= 15 is 0 Å². The molecule has 1 aliphatic heterocycles. The number of hydrogen-bond donors (Lipinski definition) is 2. The highest BCUT2D eigenvalue weighted by molar-refractivity contribution is 5.94. The molecular formula is C14H18F2N2O2. The number of rotatable bonds is 4. The highest BCUT2D eigenvalue weighted by atomic mass is 19.3. The summed E-state index contributed by atoms with van der Waals surface area (Å²) < 4.78 is 29.0. The Morgan fingerprint density at radius 1 is 1.40 bits per heavy atom. The van der Waals surface area contributed by atoms with Crippen LogP contribution in [-0.4, -0.2) is 25.1 Å². The van der Waals surface area contributed by atoms with Crippen LogP contribution in [0.4, 0.5) is 14.5 Å². The predicted molar refractivity (Wildman–Crippen MR) is 71.9 cm³/mol. The first kappa shape index (κ1) is 14.7. The fourth-order valence-corrected chi connectivity index (χ4v) is 2.23. The molecule has 0 aromatic heterocycles. The van der Waals surface area contributed by atoms with Gasteiger partial charge in [-0.3, -0.25) is 4.79 Å². The third-order valence-corrected chi connectivity index (χ3v) is 3.39. The third-order valence-electron chi connectivity index (χ3n) is 3.39. The van der Waals surface area contributed by atoms with Gasteiger partial charge in [-0.05, 0) is 31.9 Å². The lowest BCUT2D eigenvalue weighted by Crippen LogP contribution is -2.41. The number of nitrogens with one attached hydrogen (secondary N) is 2. The number of halogens is 2. The zero-order chi connectivity index (χ0) is 14.5. The summed E-state index contributed by atoms with van der Waals surface area (Å²) in [4.78, 5) is 12.1. The molecule has 1 amide bonds. The van der Waals surface area contributed by atoms with Gasteiger partial charge in [0.1, 0.15) is 5.75 Å². The van der Waals surface area contributed by atoms with Gasteiger partial charge in [0, 0.05) is 12.6 Å². The monoisotopic (exact) mass is 284 g/mol. The second-order valence-electron chi connectivity index (χ2n) is 4.95. The summed E-state index contributed by atoms with van der Waals surface area (Å²) in [7, 11) is 0. The lowest BCUT2D eigenvalue weighted by molar-refractivity contribution is -0.120. The summed E-state index contributed by atoms with van der Waals surface area (Å²) in [5.74, 6) is -0.339. The molecule has 6 heteroatoms. The number of carbonyl (C=O) groups is 1. The summed E-state index contributed by atoms with van der Waals surface area (Å²) in [6.45, 7) is -0.240. The molecule has 20 heavy (non-hydrogen) atoms. The van der Waals surface area contributed by atoms with Gasteiger partial charge in [0.2, 0.25) is 5.91 Å².